The third-order valence-corrected chi connectivity index (χ3v) is 6.19. The molecule has 2 aromatic rings. The van der Waals surface area contributed by atoms with Gasteiger partial charge in [-0.2, -0.15) is 0 Å². The summed E-state index contributed by atoms with van der Waals surface area (Å²) in [5.41, 5.74) is 3.46. The summed E-state index contributed by atoms with van der Waals surface area (Å²) in [6.45, 7) is 7.76. The first-order chi connectivity index (χ1) is 16.3. The van der Waals surface area contributed by atoms with Gasteiger partial charge in [0.05, 0.1) is 30.9 Å². The monoisotopic (exact) mass is 467 g/mol. The van der Waals surface area contributed by atoms with Crippen molar-refractivity contribution in [1.29, 1.82) is 0 Å². The molecule has 34 heavy (non-hydrogen) atoms. The van der Waals surface area contributed by atoms with Gasteiger partial charge in [0.2, 0.25) is 0 Å². The summed E-state index contributed by atoms with van der Waals surface area (Å²) in [6.07, 6.45) is 3.00. The van der Waals surface area contributed by atoms with Crippen molar-refractivity contribution in [3.05, 3.63) is 64.7 Å². The first-order valence-electron chi connectivity index (χ1n) is 11.9. The Morgan fingerprint density at radius 1 is 0.941 bits per heavy atom. The maximum absolute atomic E-state index is 13.2. The molecule has 7 heteroatoms. The van der Waals surface area contributed by atoms with Gasteiger partial charge in [-0.1, -0.05) is 36.4 Å². The van der Waals surface area contributed by atoms with Crippen LogP contribution in [0.25, 0.3) is 0 Å². The summed E-state index contributed by atoms with van der Waals surface area (Å²) in [7, 11) is 0. The van der Waals surface area contributed by atoms with Crippen LogP contribution in [0.2, 0.25) is 0 Å². The third-order valence-electron chi connectivity index (χ3n) is 6.19. The van der Waals surface area contributed by atoms with E-state index in [1.54, 1.807) is 13.0 Å². The Balaban J connectivity index is 1.71. The standard InChI is InChI=1S/C27H34N2O5/c1-4-33-27(32)23-16-20(2)15-21(3)26(23)28-24(30)17-29(13-9-6-10-14-29)18-25(31)34-19-22-11-7-5-8-12-22/h5,7-8,11-12,15-16H,4,6,9-10,13-14,17-19H2,1-3H3/p+1. The smallest absolute Gasteiger partial charge is 0.362 e. The predicted octanol–water partition coefficient (Wildman–Crippen LogP) is 4.16. The normalized spacial score (nSPS) is 14.8. The van der Waals surface area contributed by atoms with E-state index in [1.807, 2.05) is 50.2 Å². The zero-order valence-corrected chi connectivity index (χ0v) is 20.4. The second kappa shape index (κ2) is 11.8. The number of nitrogens with zero attached hydrogens (tertiary/aromatic N) is 1. The molecule has 3 rings (SSSR count). The summed E-state index contributed by atoms with van der Waals surface area (Å²) in [5.74, 6) is -0.997. The summed E-state index contributed by atoms with van der Waals surface area (Å²) in [6, 6.07) is 13.2. The molecule has 0 aliphatic carbocycles. The Hall–Kier alpha value is -3.19. The fourth-order valence-electron chi connectivity index (χ4n) is 4.60. The number of carbonyl (C=O) groups excluding carboxylic acids is 3. The lowest BCUT2D eigenvalue weighted by atomic mass is 10.0. The van der Waals surface area contributed by atoms with Gasteiger partial charge < -0.3 is 19.3 Å². The fourth-order valence-corrected chi connectivity index (χ4v) is 4.60. The predicted molar refractivity (Wildman–Crippen MR) is 130 cm³/mol. The van der Waals surface area contributed by atoms with Crippen LogP contribution < -0.4 is 5.32 Å². The zero-order chi connectivity index (χ0) is 24.6. The van der Waals surface area contributed by atoms with Crippen LogP contribution in [0, 0.1) is 13.8 Å². The van der Waals surface area contributed by atoms with Gasteiger partial charge in [-0.15, -0.1) is 0 Å². The lowest BCUT2D eigenvalue weighted by molar-refractivity contribution is -0.918. The quantitative estimate of drug-likeness (QED) is 0.442. The molecule has 0 aromatic heterocycles. The first kappa shape index (κ1) is 25.4. The summed E-state index contributed by atoms with van der Waals surface area (Å²) < 4.78 is 11.1. The van der Waals surface area contributed by atoms with E-state index < -0.39 is 5.97 Å². The number of piperidine rings is 1. The number of likely N-dealkylation sites (tertiary alicyclic amines) is 1. The first-order valence-corrected chi connectivity index (χ1v) is 11.9. The van der Waals surface area contributed by atoms with Crippen molar-refractivity contribution >= 4 is 23.5 Å². The van der Waals surface area contributed by atoms with Crippen LogP contribution in [0.1, 0.15) is 53.2 Å². The minimum absolute atomic E-state index is 0.149. The van der Waals surface area contributed by atoms with Gasteiger partial charge in [0.15, 0.2) is 13.1 Å². The number of anilines is 1. The molecule has 0 saturated carbocycles. The summed E-state index contributed by atoms with van der Waals surface area (Å²) in [5, 5.41) is 2.94. The van der Waals surface area contributed by atoms with Crippen LogP contribution in [0.15, 0.2) is 42.5 Å². The molecule has 2 aromatic carbocycles. The van der Waals surface area contributed by atoms with E-state index in [9.17, 15) is 14.4 Å². The highest BCUT2D eigenvalue weighted by Gasteiger charge is 2.36. The minimum Gasteiger partial charge on any atom is -0.462 e. The molecule has 182 valence electrons. The molecule has 0 spiro atoms. The zero-order valence-electron chi connectivity index (χ0n) is 20.4. The highest BCUT2D eigenvalue weighted by atomic mass is 16.5. The van der Waals surface area contributed by atoms with Gasteiger partial charge in [-0.05, 0) is 62.8 Å². The maximum atomic E-state index is 13.2. The van der Waals surface area contributed by atoms with Crippen molar-refractivity contribution in [2.24, 2.45) is 0 Å². The molecule has 1 N–H and O–H groups in total. The topological polar surface area (TPSA) is 81.7 Å². The van der Waals surface area contributed by atoms with E-state index in [4.69, 9.17) is 9.47 Å². The Morgan fingerprint density at radius 2 is 1.65 bits per heavy atom. The highest BCUT2D eigenvalue weighted by Crippen LogP contribution is 2.25. The van der Waals surface area contributed by atoms with Crippen molar-refractivity contribution in [3.8, 4) is 0 Å². The average molecular weight is 468 g/mol. The number of ether oxygens (including phenoxy) is 2. The molecule has 1 aliphatic rings. The number of esters is 2. The number of aryl methyl sites for hydroxylation is 2. The number of nitrogens with one attached hydrogen (secondary N) is 1. The number of amides is 1. The van der Waals surface area contributed by atoms with E-state index in [2.05, 4.69) is 5.32 Å². The summed E-state index contributed by atoms with van der Waals surface area (Å²) >= 11 is 0. The third kappa shape index (κ3) is 6.90. The molecule has 0 radical (unpaired) electrons. The molecule has 1 amide bonds. The van der Waals surface area contributed by atoms with Crippen molar-refractivity contribution in [2.45, 2.75) is 46.6 Å². The van der Waals surface area contributed by atoms with E-state index in [1.165, 1.54) is 0 Å². The molecule has 0 bridgehead atoms. The van der Waals surface area contributed by atoms with Crippen LogP contribution in [-0.2, 0) is 25.7 Å². The largest absolute Gasteiger partial charge is 0.462 e. The molecular formula is C27H35N2O5+. The average Bonchev–Trinajstić information content (AvgIpc) is 2.80. The van der Waals surface area contributed by atoms with Crippen LogP contribution in [0.3, 0.4) is 0 Å². The van der Waals surface area contributed by atoms with E-state index in [-0.39, 0.29) is 38.2 Å². The number of hydrogen-bond acceptors (Lipinski definition) is 5. The lowest BCUT2D eigenvalue weighted by Crippen LogP contribution is -2.57. The van der Waals surface area contributed by atoms with Crippen molar-refractivity contribution in [1.82, 2.24) is 0 Å². The molecule has 0 atom stereocenters. The van der Waals surface area contributed by atoms with Gasteiger partial charge in [-0.25, -0.2) is 9.59 Å². The lowest BCUT2D eigenvalue weighted by Gasteiger charge is -2.40. The van der Waals surface area contributed by atoms with Crippen molar-refractivity contribution in [3.63, 3.8) is 0 Å². The van der Waals surface area contributed by atoms with Gasteiger partial charge >= 0.3 is 11.9 Å². The van der Waals surface area contributed by atoms with E-state index in [0.717, 1.165) is 49.0 Å². The Labute approximate surface area is 201 Å². The Bertz CT molecular complexity index is 1010. The van der Waals surface area contributed by atoms with Crippen molar-refractivity contribution in [2.75, 3.05) is 38.1 Å². The molecule has 1 saturated heterocycles. The van der Waals surface area contributed by atoms with Crippen LogP contribution in [0.5, 0.6) is 0 Å². The number of quaternary nitrogens is 1. The highest BCUT2D eigenvalue weighted by molar-refractivity contribution is 6.02. The van der Waals surface area contributed by atoms with Crippen LogP contribution >= 0.6 is 0 Å². The molecule has 1 aliphatic heterocycles. The molecule has 1 fully saturated rings. The van der Waals surface area contributed by atoms with Gasteiger partial charge in [-0.3, -0.25) is 4.79 Å². The van der Waals surface area contributed by atoms with Crippen molar-refractivity contribution < 1.29 is 28.3 Å². The Morgan fingerprint density at radius 3 is 2.32 bits per heavy atom. The van der Waals surface area contributed by atoms with E-state index >= 15 is 0 Å². The number of carbonyl (C=O) groups is 3. The van der Waals surface area contributed by atoms with E-state index in [0.29, 0.717) is 15.7 Å². The van der Waals surface area contributed by atoms with Crippen LogP contribution in [0.4, 0.5) is 5.69 Å². The molecular weight excluding hydrogens is 432 g/mol. The number of hydrogen-bond donors (Lipinski definition) is 1. The second-order valence-corrected chi connectivity index (χ2v) is 9.09. The van der Waals surface area contributed by atoms with Gasteiger partial charge in [0.25, 0.3) is 5.91 Å². The minimum atomic E-state index is -0.462. The second-order valence-electron chi connectivity index (χ2n) is 9.09. The SMILES string of the molecule is CCOC(=O)c1cc(C)cc(C)c1NC(=O)C[N+]1(CC(=O)OCc2ccccc2)CCCCC1. The molecule has 1 heterocycles. The number of rotatable bonds is 9. The Kier molecular flexibility index (Phi) is 8.82. The summed E-state index contributed by atoms with van der Waals surface area (Å²) in [4.78, 5) is 38.4. The van der Waals surface area contributed by atoms with Crippen LogP contribution in [-0.4, -0.2) is 55.1 Å². The number of benzene rings is 2. The van der Waals surface area contributed by atoms with Gasteiger partial charge in [0, 0.05) is 0 Å². The van der Waals surface area contributed by atoms with Gasteiger partial charge in [0.1, 0.15) is 6.61 Å². The maximum Gasteiger partial charge on any atom is 0.362 e. The molecule has 7 nitrogen and oxygen atoms in total. The fraction of sp³-hybridized carbons (Fsp3) is 0.444. The molecule has 0 unspecified atom stereocenters.